The molecule has 7 nitrogen and oxygen atoms in total. The molecule has 26 heavy (non-hydrogen) atoms. The molecule has 0 bridgehead atoms. The quantitative estimate of drug-likeness (QED) is 0.557. The van der Waals surface area contributed by atoms with E-state index in [0.29, 0.717) is 5.56 Å². The van der Waals surface area contributed by atoms with Crippen LogP contribution in [-0.2, 0) is 7.05 Å². The third kappa shape index (κ3) is 4.47. The number of aromatic nitrogens is 1. The van der Waals surface area contributed by atoms with Crippen molar-refractivity contribution in [1.29, 1.82) is 0 Å². The number of carbonyl (C=O) groups is 1. The number of halogens is 1. The molecule has 1 atom stereocenters. The first kappa shape index (κ1) is 19.2. The lowest BCUT2D eigenvalue weighted by Gasteiger charge is -2.15. The second kappa shape index (κ2) is 8.29. The van der Waals surface area contributed by atoms with Crippen molar-refractivity contribution in [3.05, 3.63) is 57.8 Å². The second-order valence-corrected chi connectivity index (χ2v) is 5.56. The minimum absolute atomic E-state index is 0.0432. The van der Waals surface area contributed by atoms with Gasteiger partial charge in [-0.3, -0.25) is 9.59 Å². The number of nitrogens with one attached hydrogen (secondary N) is 2. The summed E-state index contributed by atoms with van der Waals surface area (Å²) in [6.07, 6.45) is 5.40. The highest BCUT2D eigenvalue weighted by Crippen LogP contribution is 2.23. The number of terminal acetylenes is 1. The Bertz CT molecular complexity index is 918. The molecule has 0 aliphatic rings. The summed E-state index contributed by atoms with van der Waals surface area (Å²) in [5.74, 6) is 1.07. The Morgan fingerprint density at radius 2 is 2.12 bits per heavy atom. The zero-order valence-corrected chi connectivity index (χ0v) is 14.0. The molecule has 1 aromatic heterocycles. The van der Waals surface area contributed by atoms with Crippen molar-refractivity contribution in [3.8, 4) is 12.3 Å². The van der Waals surface area contributed by atoms with Crippen LogP contribution in [0.5, 0.6) is 0 Å². The molecule has 0 saturated carbocycles. The fourth-order valence-corrected chi connectivity index (χ4v) is 2.14. The maximum Gasteiger partial charge on any atom is 0.254 e. The van der Waals surface area contributed by atoms with E-state index >= 15 is 0 Å². The van der Waals surface area contributed by atoms with Gasteiger partial charge in [-0.2, -0.15) is 0 Å². The summed E-state index contributed by atoms with van der Waals surface area (Å²) < 4.78 is 15.3. The summed E-state index contributed by atoms with van der Waals surface area (Å²) in [7, 11) is 1.47. The molecule has 1 amide bonds. The standard InChI is InChI=1S/C18H18FN3O4/c1-3-11-4-5-15(14(19)6-11)21-16-7-17(25)22(2)9-13(16)18(26)20-8-12(24)10-23/h1,4-7,9,12,21,23-24H,8,10H2,2H3,(H,20,26). The van der Waals surface area contributed by atoms with Crippen LogP contribution in [0.3, 0.4) is 0 Å². The molecule has 0 aliphatic carbocycles. The lowest BCUT2D eigenvalue weighted by atomic mass is 10.1. The Morgan fingerprint density at radius 3 is 2.73 bits per heavy atom. The molecule has 4 N–H and O–H groups in total. The summed E-state index contributed by atoms with van der Waals surface area (Å²) in [4.78, 5) is 24.2. The number of pyridine rings is 1. The molecule has 0 aliphatic heterocycles. The molecule has 1 heterocycles. The summed E-state index contributed by atoms with van der Waals surface area (Å²) in [6, 6.07) is 5.23. The first-order valence-corrected chi connectivity index (χ1v) is 7.66. The molecule has 8 heteroatoms. The maximum atomic E-state index is 14.1. The molecule has 0 saturated heterocycles. The van der Waals surface area contributed by atoms with Crippen LogP contribution in [0.15, 0.2) is 35.3 Å². The number of nitrogens with zero attached hydrogens (tertiary/aromatic N) is 1. The van der Waals surface area contributed by atoms with Crippen molar-refractivity contribution in [2.75, 3.05) is 18.5 Å². The number of aryl methyl sites for hydroxylation is 1. The van der Waals surface area contributed by atoms with Crippen molar-refractivity contribution < 1.29 is 19.4 Å². The number of carbonyl (C=O) groups excluding carboxylic acids is 1. The smallest absolute Gasteiger partial charge is 0.254 e. The van der Waals surface area contributed by atoms with E-state index < -0.39 is 30.0 Å². The predicted molar refractivity (Wildman–Crippen MR) is 94.7 cm³/mol. The first-order valence-electron chi connectivity index (χ1n) is 7.66. The zero-order valence-electron chi connectivity index (χ0n) is 14.0. The highest BCUT2D eigenvalue weighted by molar-refractivity contribution is 6.00. The Hall–Kier alpha value is -3.15. The van der Waals surface area contributed by atoms with E-state index in [-0.39, 0.29) is 23.5 Å². The number of anilines is 2. The Kier molecular flexibility index (Phi) is 6.11. The van der Waals surface area contributed by atoms with Gasteiger partial charge >= 0.3 is 0 Å². The number of aliphatic hydroxyl groups excluding tert-OH is 2. The minimum atomic E-state index is -1.11. The molecule has 136 valence electrons. The lowest BCUT2D eigenvalue weighted by Crippen LogP contribution is -2.35. The van der Waals surface area contributed by atoms with Gasteiger partial charge in [-0.1, -0.05) is 5.92 Å². The van der Waals surface area contributed by atoms with E-state index in [4.69, 9.17) is 11.5 Å². The topological polar surface area (TPSA) is 104 Å². The fourth-order valence-electron chi connectivity index (χ4n) is 2.14. The van der Waals surface area contributed by atoms with Gasteiger partial charge < -0.3 is 25.4 Å². The number of benzene rings is 1. The van der Waals surface area contributed by atoms with Gasteiger partial charge in [0, 0.05) is 31.4 Å². The van der Waals surface area contributed by atoms with E-state index in [2.05, 4.69) is 16.6 Å². The molecule has 2 rings (SSSR count). The summed E-state index contributed by atoms with van der Waals surface area (Å²) in [5.41, 5.74) is 0.156. The Balaban J connectivity index is 2.36. The molecule has 0 radical (unpaired) electrons. The SMILES string of the molecule is C#Cc1ccc(Nc2cc(=O)n(C)cc2C(=O)NCC(O)CO)c(F)c1. The molecule has 0 spiro atoms. The van der Waals surface area contributed by atoms with Crippen molar-refractivity contribution in [3.63, 3.8) is 0 Å². The molecule has 1 aromatic carbocycles. The van der Waals surface area contributed by atoms with Crippen LogP contribution in [0.4, 0.5) is 15.8 Å². The summed E-state index contributed by atoms with van der Waals surface area (Å²) in [5, 5.41) is 23.3. The van der Waals surface area contributed by atoms with Crippen LogP contribution < -0.4 is 16.2 Å². The van der Waals surface area contributed by atoms with Crippen LogP contribution in [0, 0.1) is 18.2 Å². The number of rotatable bonds is 6. The fraction of sp³-hybridized carbons (Fsp3) is 0.222. The lowest BCUT2D eigenvalue weighted by molar-refractivity contribution is 0.0802. The summed E-state index contributed by atoms with van der Waals surface area (Å²) in [6.45, 7) is -0.686. The van der Waals surface area contributed by atoms with Gasteiger partial charge in [0.25, 0.3) is 11.5 Å². The molecule has 1 unspecified atom stereocenters. The van der Waals surface area contributed by atoms with Crippen LogP contribution >= 0.6 is 0 Å². The normalized spacial score (nSPS) is 11.5. The largest absolute Gasteiger partial charge is 0.394 e. The van der Waals surface area contributed by atoms with Gasteiger partial charge in [-0.25, -0.2) is 4.39 Å². The third-order valence-electron chi connectivity index (χ3n) is 3.59. The van der Waals surface area contributed by atoms with Gasteiger partial charge in [0.05, 0.1) is 29.6 Å². The van der Waals surface area contributed by atoms with Crippen LogP contribution in [0.1, 0.15) is 15.9 Å². The van der Waals surface area contributed by atoms with Crippen LogP contribution in [-0.4, -0.2) is 39.9 Å². The van der Waals surface area contributed by atoms with Crippen molar-refractivity contribution in [1.82, 2.24) is 9.88 Å². The van der Waals surface area contributed by atoms with Gasteiger partial charge in [0.15, 0.2) is 0 Å². The maximum absolute atomic E-state index is 14.1. The second-order valence-electron chi connectivity index (χ2n) is 5.56. The van der Waals surface area contributed by atoms with E-state index in [1.165, 1.54) is 29.9 Å². The average molecular weight is 359 g/mol. The van der Waals surface area contributed by atoms with Gasteiger partial charge in [-0.15, -0.1) is 6.42 Å². The highest BCUT2D eigenvalue weighted by atomic mass is 19.1. The third-order valence-corrected chi connectivity index (χ3v) is 3.59. The average Bonchev–Trinajstić information content (AvgIpc) is 2.63. The molecular weight excluding hydrogens is 341 g/mol. The van der Waals surface area contributed by atoms with Crippen molar-refractivity contribution in [2.45, 2.75) is 6.10 Å². The molecule has 2 aromatic rings. The van der Waals surface area contributed by atoms with E-state index in [0.717, 1.165) is 12.1 Å². The van der Waals surface area contributed by atoms with Crippen LogP contribution in [0.2, 0.25) is 0 Å². The predicted octanol–water partition coefficient (Wildman–Crippen LogP) is 0.332. The zero-order chi connectivity index (χ0) is 19.3. The number of amides is 1. The van der Waals surface area contributed by atoms with Gasteiger partial charge in [0.1, 0.15) is 5.82 Å². The Labute approximate surface area is 149 Å². The monoisotopic (exact) mass is 359 g/mol. The van der Waals surface area contributed by atoms with Crippen molar-refractivity contribution >= 4 is 17.3 Å². The van der Waals surface area contributed by atoms with E-state index in [9.17, 15) is 19.1 Å². The number of hydrogen-bond donors (Lipinski definition) is 4. The summed E-state index contributed by atoms with van der Waals surface area (Å²) >= 11 is 0. The molecular formula is C18H18FN3O4. The van der Waals surface area contributed by atoms with Gasteiger partial charge in [-0.05, 0) is 18.2 Å². The minimum Gasteiger partial charge on any atom is -0.394 e. The van der Waals surface area contributed by atoms with Gasteiger partial charge in [0.2, 0.25) is 0 Å². The van der Waals surface area contributed by atoms with Crippen molar-refractivity contribution in [2.24, 2.45) is 7.05 Å². The Morgan fingerprint density at radius 1 is 1.38 bits per heavy atom. The number of hydrogen-bond acceptors (Lipinski definition) is 5. The van der Waals surface area contributed by atoms with E-state index in [1.54, 1.807) is 0 Å². The van der Waals surface area contributed by atoms with Crippen LogP contribution in [0.25, 0.3) is 0 Å². The van der Waals surface area contributed by atoms with E-state index in [1.807, 2.05) is 0 Å². The molecule has 0 fully saturated rings. The first-order chi connectivity index (χ1) is 12.3. The highest BCUT2D eigenvalue weighted by Gasteiger charge is 2.16. The number of aliphatic hydroxyl groups is 2.